The van der Waals surface area contributed by atoms with Crippen molar-refractivity contribution in [2.24, 2.45) is 0 Å². The Bertz CT molecular complexity index is 1340. The molecule has 0 spiro atoms. The molecule has 38 heavy (non-hydrogen) atoms. The van der Waals surface area contributed by atoms with Gasteiger partial charge < -0.3 is 20.3 Å². The molecule has 3 N–H and O–H groups in total. The molecule has 9 nitrogen and oxygen atoms in total. The summed E-state index contributed by atoms with van der Waals surface area (Å²) in [5.74, 6) is -2.66. The monoisotopic (exact) mass is 517 g/mol. The molecule has 2 aromatic carbocycles. The Labute approximate surface area is 220 Å². The molecule has 3 rings (SSSR count). The molecule has 198 valence electrons. The molecule has 0 fully saturated rings. The van der Waals surface area contributed by atoms with Gasteiger partial charge in [-0.15, -0.1) is 0 Å². The minimum Gasteiger partial charge on any atom is -0.481 e. The summed E-state index contributed by atoms with van der Waals surface area (Å²) in [5, 5.41) is 14.2. The molecule has 1 heterocycles. The van der Waals surface area contributed by atoms with Crippen molar-refractivity contribution >= 4 is 29.3 Å². The third-order valence-corrected chi connectivity index (χ3v) is 6.00. The second-order valence-electron chi connectivity index (χ2n) is 8.86. The van der Waals surface area contributed by atoms with E-state index >= 15 is 0 Å². The van der Waals surface area contributed by atoms with E-state index in [1.54, 1.807) is 13.0 Å². The fraction of sp³-hybridized carbons (Fsp3) is 0.276. The van der Waals surface area contributed by atoms with Crippen LogP contribution in [0.3, 0.4) is 0 Å². The Morgan fingerprint density at radius 3 is 2.11 bits per heavy atom. The standard InChI is InChI=1S/C29H31N3O6/c1-2-25(33)24(18-28(36)37)31-27(35)19-32-22(17-21-11-7-4-8-12-21)14-15-23(29(32)38)30-26(34)16-13-20-9-5-3-6-10-20/h3-12,14-15,24H,2,13,16-19H2,1H3,(H,30,34)(H,31,35)(H,36,37)/t24-/m0/s1. The van der Waals surface area contributed by atoms with E-state index in [1.165, 1.54) is 10.6 Å². The molecule has 0 bridgehead atoms. The zero-order valence-corrected chi connectivity index (χ0v) is 21.2. The fourth-order valence-electron chi connectivity index (χ4n) is 4.01. The van der Waals surface area contributed by atoms with E-state index in [2.05, 4.69) is 10.6 Å². The van der Waals surface area contributed by atoms with E-state index in [9.17, 15) is 24.0 Å². The first-order valence-corrected chi connectivity index (χ1v) is 12.4. The van der Waals surface area contributed by atoms with E-state index in [0.29, 0.717) is 18.5 Å². The van der Waals surface area contributed by atoms with Crippen molar-refractivity contribution < 1.29 is 24.3 Å². The van der Waals surface area contributed by atoms with Gasteiger partial charge in [0.05, 0.1) is 12.5 Å². The first kappa shape index (κ1) is 28.0. The molecule has 0 aliphatic rings. The summed E-state index contributed by atoms with van der Waals surface area (Å²) in [7, 11) is 0. The molecule has 9 heteroatoms. The quantitative estimate of drug-likeness (QED) is 0.319. The van der Waals surface area contributed by atoms with Crippen LogP contribution in [-0.4, -0.2) is 39.3 Å². The molecule has 0 aliphatic heterocycles. The summed E-state index contributed by atoms with van der Waals surface area (Å²) >= 11 is 0. The number of amides is 2. The molecule has 0 unspecified atom stereocenters. The predicted molar refractivity (Wildman–Crippen MR) is 143 cm³/mol. The summed E-state index contributed by atoms with van der Waals surface area (Å²) in [6, 6.07) is 20.8. The van der Waals surface area contributed by atoms with Crippen LogP contribution in [-0.2, 0) is 38.6 Å². The number of carboxylic acid groups (broad SMARTS) is 1. The molecule has 2 amide bonds. The Morgan fingerprint density at radius 1 is 0.868 bits per heavy atom. The second kappa shape index (κ2) is 13.7. The minimum absolute atomic E-state index is 0.0272. The number of ketones is 1. The number of hydrogen-bond donors (Lipinski definition) is 3. The fourth-order valence-corrected chi connectivity index (χ4v) is 4.01. The van der Waals surface area contributed by atoms with E-state index in [0.717, 1.165) is 11.1 Å². The van der Waals surface area contributed by atoms with Crippen molar-refractivity contribution in [3.05, 3.63) is 100.0 Å². The first-order valence-electron chi connectivity index (χ1n) is 12.4. The highest BCUT2D eigenvalue weighted by Gasteiger charge is 2.23. The molecule has 0 radical (unpaired) electrons. The number of carbonyl (C=O) groups is 4. The van der Waals surface area contributed by atoms with Crippen LogP contribution in [0.5, 0.6) is 0 Å². The number of anilines is 1. The van der Waals surface area contributed by atoms with Crippen LogP contribution < -0.4 is 16.2 Å². The zero-order valence-electron chi connectivity index (χ0n) is 21.2. The number of rotatable bonds is 13. The lowest BCUT2D eigenvalue weighted by Gasteiger charge is -2.18. The van der Waals surface area contributed by atoms with Crippen molar-refractivity contribution in [1.29, 1.82) is 0 Å². The highest BCUT2D eigenvalue weighted by Crippen LogP contribution is 2.12. The van der Waals surface area contributed by atoms with Gasteiger partial charge in [-0.1, -0.05) is 67.6 Å². The van der Waals surface area contributed by atoms with Crippen molar-refractivity contribution in [3.8, 4) is 0 Å². The van der Waals surface area contributed by atoms with E-state index < -0.39 is 42.2 Å². The number of carboxylic acids is 1. The Kier molecular flexibility index (Phi) is 10.1. The van der Waals surface area contributed by atoms with E-state index in [1.807, 2.05) is 60.7 Å². The summed E-state index contributed by atoms with van der Waals surface area (Å²) in [4.78, 5) is 62.2. The van der Waals surface area contributed by atoms with Crippen molar-refractivity contribution in [1.82, 2.24) is 9.88 Å². The van der Waals surface area contributed by atoms with Gasteiger partial charge in [-0.05, 0) is 29.7 Å². The van der Waals surface area contributed by atoms with E-state index in [-0.39, 0.29) is 24.4 Å². The number of pyridine rings is 1. The first-order chi connectivity index (χ1) is 18.3. The highest BCUT2D eigenvalue weighted by molar-refractivity contribution is 5.92. The van der Waals surface area contributed by atoms with Crippen molar-refractivity contribution in [3.63, 3.8) is 0 Å². The maximum Gasteiger partial charge on any atom is 0.305 e. The lowest BCUT2D eigenvalue weighted by atomic mass is 10.1. The summed E-state index contributed by atoms with van der Waals surface area (Å²) in [6.07, 6.45) is 0.527. The zero-order chi connectivity index (χ0) is 27.5. The van der Waals surface area contributed by atoms with Gasteiger partial charge in [0.25, 0.3) is 5.56 Å². The van der Waals surface area contributed by atoms with Gasteiger partial charge in [-0.2, -0.15) is 0 Å². The van der Waals surface area contributed by atoms with Crippen LogP contribution in [0.2, 0.25) is 0 Å². The molecular weight excluding hydrogens is 486 g/mol. The summed E-state index contributed by atoms with van der Waals surface area (Å²) < 4.78 is 1.24. The number of aryl methyl sites for hydroxylation is 1. The smallest absolute Gasteiger partial charge is 0.305 e. The number of carbonyl (C=O) groups excluding carboxylic acids is 3. The molecule has 0 saturated carbocycles. The molecule has 3 aromatic rings. The van der Waals surface area contributed by atoms with Crippen LogP contribution in [0.15, 0.2) is 77.6 Å². The van der Waals surface area contributed by atoms with Crippen LogP contribution in [0.25, 0.3) is 0 Å². The summed E-state index contributed by atoms with van der Waals surface area (Å²) in [6.45, 7) is 1.14. The maximum atomic E-state index is 13.4. The van der Waals surface area contributed by atoms with Gasteiger partial charge in [-0.25, -0.2) is 0 Å². The number of aliphatic carboxylic acids is 1. The largest absolute Gasteiger partial charge is 0.481 e. The number of nitrogens with zero attached hydrogens (tertiary/aromatic N) is 1. The topological polar surface area (TPSA) is 135 Å². The number of hydrogen-bond acceptors (Lipinski definition) is 5. The average Bonchev–Trinajstić information content (AvgIpc) is 2.91. The number of Topliss-reactive ketones (excluding diaryl/α,β-unsaturated/α-hetero) is 1. The van der Waals surface area contributed by atoms with E-state index in [4.69, 9.17) is 5.11 Å². The normalized spacial score (nSPS) is 11.4. The van der Waals surface area contributed by atoms with Gasteiger partial charge in [0, 0.05) is 25.0 Å². The molecule has 0 aliphatic carbocycles. The average molecular weight is 518 g/mol. The lowest BCUT2D eigenvalue weighted by Crippen LogP contribution is -2.44. The van der Waals surface area contributed by atoms with Gasteiger partial charge in [0.1, 0.15) is 12.2 Å². The van der Waals surface area contributed by atoms with Crippen LogP contribution >= 0.6 is 0 Å². The van der Waals surface area contributed by atoms with Gasteiger partial charge in [0.2, 0.25) is 11.8 Å². The minimum atomic E-state index is -1.22. The van der Waals surface area contributed by atoms with Crippen molar-refractivity contribution in [2.45, 2.75) is 51.6 Å². The van der Waals surface area contributed by atoms with Crippen LogP contribution in [0.4, 0.5) is 5.69 Å². The number of aromatic nitrogens is 1. The number of nitrogens with one attached hydrogen (secondary N) is 2. The predicted octanol–water partition coefficient (Wildman–Crippen LogP) is 2.95. The SMILES string of the molecule is CCC(=O)[C@H](CC(=O)O)NC(=O)Cn1c(Cc2ccccc2)ccc(NC(=O)CCc2ccccc2)c1=O. The lowest BCUT2D eigenvalue weighted by molar-refractivity contribution is -0.140. The Morgan fingerprint density at radius 2 is 1.50 bits per heavy atom. The Hall–Kier alpha value is -4.53. The second-order valence-corrected chi connectivity index (χ2v) is 8.86. The van der Waals surface area contributed by atoms with Gasteiger partial charge in [-0.3, -0.25) is 24.0 Å². The molecule has 1 aromatic heterocycles. The van der Waals surface area contributed by atoms with Crippen molar-refractivity contribution in [2.75, 3.05) is 5.32 Å². The van der Waals surface area contributed by atoms with Gasteiger partial charge in [0.15, 0.2) is 5.78 Å². The number of benzene rings is 2. The molecule has 0 saturated heterocycles. The van der Waals surface area contributed by atoms with Gasteiger partial charge >= 0.3 is 5.97 Å². The summed E-state index contributed by atoms with van der Waals surface area (Å²) in [5.41, 5.74) is 1.88. The van der Waals surface area contributed by atoms with Crippen LogP contribution in [0, 0.1) is 0 Å². The molecular formula is C29H31N3O6. The highest BCUT2D eigenvalue weighted by atomic mass is 16.4. The Balaban J connectivity index is 1.83. The third kappa shape index (κ3) is 8.26. The maximum absolute atomic E-state index is 13.4. The third-order valence-electron chi connectivity index (χ3n) is 6.00. The van der Waals surface area contributed by atoms with Crippen LogP contribution in [0.1, 0.15) is 43.0 Å². The molecule has 1 atom stereocenters.